The van der Waals surface area contributed by atoms with Crippen LogP contribution in [-0.2, 0) is 13.2 Å². The van der Waals surface area contributed by atoms with Crippen LogP contribution in [0.5, 0.6) is 5.75 Å². The Hall–Kier alpha value is -1.46. The Kier molecular flexibility index (Phi) is 6.14. The molecule has 0 amide bonds. The fraction of sp³-hybridized carbons (Fsp3) is 0.312. The van der Waals surface area contributed by atoms with Gasteiger partial charge in [0.1, 0.15) is 18.2 Å². The number of ether oxygens (including phenoxy) is 1. The number of nitrogens with zero attached hydrogens (tertiary/aromatic N) is 1. The molecule has 0 fully saturated rings. The number of halogens is 2. The van der Waals surface area contributed by atoms with Crippen LogP contribution in [-0.4, -0.2) is 11.5 Å². The van der Waals surface area contributed by atoms with Crippen molar-refractivity contribution >= 4 is 15.9 Å². The van der Waals surface area contributed by atoms with Gasteiger partial charge in [-0.3, -0.25) is 4.98 Å². The maximum absolute atomic E-state index is 13.1. The normalized spacial score (nSPS) is 10.6. The summed E-state index contributed by atoms with van der Waals surface area (Å²) in [4.78, 5) is 3.81. The van der Waals surface area contributed by atoms with Crippen LogP contribution in [0.2, 0.25) is 0 Å². The standard InChI is InChI=1S/C16H18BrFN2O/c1-2-5-19-9-13-7-15(3-4-16(13)17)21-11-12-6-14(18)10-20-8-12/h3-4,6-8,10,19H,2,5,9,11H2,1H3. The highest BCUT2D eigenvalue weighted by atomic mass is 79.9. The summed E-state index contributed by atoms with van der Waals surface area (Å²) >= 11 is 3.53. The van der Waals surface area contributed by atoms with Crippen LogP contribution in [0.15, 0.2) is 41.1 Å². The van der Waals surface area contributed by atoms with Crippen molar-refractivity contribution in [2.45, 2.75) is 26.5 Å². The number of rotatable bonds is 7. The molecule has 0 saturated carbocycles. The first-order valence-electron chi connectivity index (χ1n) is 6.90. The topological polar surface area (TPSA) is 34.1 Å². The Labute approximate surface area is 132 Å². The van der Waals surface area contributed by atoms with E-state index >= 15 is 0 Å². The fourth-order valence-corrected chi connectivity index (χ4v) is 2.26. The van der Waals surface area contributed by atoms with E-state index in [1.54, 1.807) is 6.20 Å². The first-order valence-corrected chi connectivity index (χ1v) is 7.69. The number of aromatic nitrogens is 1. The Morgan fingerprint density at radius 1 is 1.29 bits per heavy atom. The van der Waals surface area contributed by atoms with Crippen LogP contribution in [0, 0.1) is 5.82 Å². The predicted molar refractivity (Wildman–Crippen MR) is 84.7 cm³/mol. The molecule has 5 heteroatoms. The Bertz CT molecular complexity index is 592. The molecule has 2 rings (SSSR count). The zero-order valence-corrected chi connectivity index (χ0v) is 13.5. The molecule has 0 aliphatic rings. The van der Waals surface area contributed by atoms with E-state index < -0.39 is 0 Å². The van der Waals surface area contributed by atoms with Gasteiger partial charge in [0.25, 0.3) is 0 Å². The molecule has 1 N–H and O–H groups in total. The third-order valence-electron chi connectivity index (χ3n) is 2.93. The number of nitrogens with one attached hydrogen (secondary N) is 1. The third-order valence-corrected chi connectivity index (χ3v) is 3.70. The molecule has 2 aromatic rings. The maximum Gasteiger partial charge on any atom is 0.141 e. The van der Waals surface area contributed by atoms with Crippen molar-refractivity contribution < 1.29 is 9.13 Å². The zero-order chi connectivity index (χ0) is 15.1. The number of pyridine rings is 1. The van der Waals surface area contributed by atoms with Crippen LogP contribution < -0.4 is 10.1 Å². The second-order valence-corrected chi connectivity index (χ2v) is 5.58. The van der Waals surface area contributed by atoms with Crippen molar-refractivity contribution in [2.24, 2.45) is 0 Å². The number of hydrogen-bond acceptors (Lipinski definition) is 3. The summed E-state index contributed by atoms with van der Waals surface area (Å²) in [5.41, 5.74) is 1.85. The van der Waals surface area contributed by atoms with Gasteiger partial charge in [-0.05, 0) is 42.8 Å². The van der Waals surface area contributed by atoms with E-state index in [2.05, 4.69) is 33.2 Å². The third kappa shape index (κ3) is 5.10. The summed E-state index contributed by atoms with van der Waals surface area (Å²) in [5.74, 6) is 0.409. The van der Waals surface area contributed by atoms with E-state index in [1.165, 1.54) is 12.3 Å². The molecule has 21 heavy (non-hydrogen) atoms. The molecular weight excluding hydrogens is 335 g/mol. The molecule has 0 bridgehead atoms. The van der Waals surface area contributed by atoms with Crippen molar-refractivity contribution in [2.75, 3.05) is 6.54 Å². The largest absolute Gasteiger partial charge is 0.489 e. The SMILES string of the molecule is CCCNCc1cc(OCc2cncc(F)c2)ccc1Br. The van der Waals surface area contributed by atoms with Crippen molar-refractivity contribution in [3.63, 3.8) is 0 Å². The second-order valence-electron chi connectivity index (χ2n) is 4.73. The predicted octanol–water partition coefficient (Wildman–Crippen LogP) is 4.06. The summed E-state index contributed by atoms with van der Waals surface area (Å²) in [6.45, 7) is 4.20. The molecule has 0 radical (unpaired) electrons. The lowest BCUT2D eigenvalue weighted by Gasteiger charge is -2.10. The second kappa shape index (κ2) is 8.10. The van der Waals surface area contributed by atoms with E-state index in [0.29, 0.717) is 12.2 Å². The van der Waals surface area contributed by atoms with Crippen molar-refractivity contribution in [1.82, 2.24) is 10.3 Å². The van der Waals surface area contributed by atoms with Crippen LogP contribution in [0.3, 0.4) is 0 Å². The maximum atomic E-state index is 13.1. The van der Waals surface area contributed by atoms with Gasteiger partial charge < -0.3 is 10.1 Å². The summed E-state index contributed by atoms with van der Waals surface area (Å²) < 4.78 is 19.8. The minimum atomic E-state index is -0.351. The summed E-state index contributed by atoms with van der Waals surface area (Å²) in [5, 5.41) is 3.36. The van der Waals surface area contributed by atoms with Crippen LogP contribution in [0.1, 0.15) is 24.5 Å². The highest BCUT2D eigenvalue weighted by Gasteiger charge is 2.04. The molecule has 0 saturated heterocycles. The fourth-order valence-electron chi connectivity index (χ4n) is 1.88. The minimum Gasteiger partial charge on any atom is -0.489 e. The summed E-state index contributed by atoms with van der Waals surface area (Å²) in [6, 6.07) is 7.26. The molecule has 1 aromatic heterocycles. The molecule has 3 nitrogen and oxygen atoms in total. The Morgan fingerprint density at radius 2 is 2.14 bits per heavy atom. The van der Waals surface area contributed by atoms with Crippen molar-refractivity contribution in [1.29, 1.82) is 0 Å². The van der Waals surface area contributed by atoms with Gasteiger partial charge >= 0.3 is 0 Å². The minimum absolute atomic E-state index is 0.300. The van der Waals surface area contributed by atoms with Gasteiger partial charge in [0.05, 0.1) is 6.20 Å². The quantitative estimate of drug-likeness (QED) is 0.763. The van der Waals surface area contributed by atoms with Crippen LogP contribution >= 0.6 is 15.9 Å². The summed E-state index contributed by atoms with van der Waals surface area (Å²) in [6.07, 6.45) is 3.88. The van der Waals surface area contributed by atoms with E-state index in [1.807, 2.05) is 18.2 Å². The lowest BCUT2D eigenvalue weighted by atomic mass is 10.2. The van der Waals surface area contributed by atoms with Crippen molar-refractivity contribution in [3.05, 3.63) is 58.1 Å². The molecule has 0 unspecified atom stereocenters. The molecule has 0 aliphatic heterocycles. The average Bonchev–Trinajstić information content (AvgIpc) is 2.48. The molecule has 0 aliphatic carbocycles. The molecule has 112 valence electrons. The van der Waals surface area contributed by atoms with Gasteiger partial charge in [-0.2, -0.15) is 0 Å². The highest BCUT2D eigenvalue weighted by Crippen LogP contribution is 2.23. The molecule has 0 spiro atoms. The van der Waals surface area contributed by atoms with Gasteiger partial charge in [-0.25, -0.2) is 4.39 Å². The van der Waals surface area contributed by atoms with E-state index in [-0.39, 0.29) is 5.82 Å². The first kappa shape index (κ1) is 15.9. The smallest absolute Gasteiger partial charge is 0.141 e. The average molecular weight is 353 g/mol. The number of benzene rings is 1. The zero-order valence-electron chi connectivity index (χ0n) is 11.9. The van der Waals surface area contributed by atoms with E-state index in [4.69, 9.17) is 4.74 Å². The van der Waals surface area contributed by atoms with Gasteiger partial charge in [0.15, 0.2) is 0 Å². The lowest BCUT2D eigenvalue weighted by molar-refractivity contribution is 0.304. The number of hydrogen-bond donors (Lipinski definition) is 1. The van der Waals surface area contributed by atoms with Gasteiger partial charge in [0.2, 0.25) is 0 Å². The molecular formula is C16H18BrFN2O. The molecule has 1 aromatic carbocycles. The van der Waals surface area contributed by atoms with Gasteiger partial charge in [-0.15, -0.1) is 0 Å². The van der Waals surface area contributed by atoms with E-state index in [9.17, 15) is 4.39 Å². The van der Waals surface area contributed by atoms with Crippen molar-refractivity contribution in [3.8, 4) is 5.75 Å². The van der Waals surface area contributed by atoms with Crippen LogP contribution in [0.25, 0.3) is 0 Å². The Morgan fingerprint density at radius 3 is 2.90 bits per heavy atom. The lowest BCUT2D eigenvalue weighted by Crippen LogP contribution is -2.14. The molecule has 1 heterocycles. The molecule has 0 atom stereocenters. The van der Waals surface area contributed by atoms with Crippen LogP contribution in [0.4, 0.5) is 4.39 Å². The van der Waals surface area contributed by atoms with Gasteiger partial charge in [-0.1, -0.05) is 22.9 Å². The highest BCUT2D eigenvalue weighted by molar-refractivity contribution is 9.10. The van der Waals surface area contributed by atoms with Gasteiger partial charge in [0, 0.05) is 22.8 Å². The monoisotopic (exact) mass is 352 g/mol. The van der Waals surface area contributed by atoms with E-state index in [0.717, 1.165) is 35.3 Å². The summed E-state index contributed by atoms with van der Waals surface area (Å²) in [7, 11) is 0. The Balaban J connectivity index is 1.98. The first-order chi connectivity index (χ1) is 10.2.